The molecule has 2 N–H and O–H groups in total. The molecule has 0 saturated carbocycles. The molecular weight excluding hydrogens is 244 g/mol. The van der Waals surface area contributed by atoms with Crippen LogP contribution in [0.4, 0.5) is 5.69 Å². The van der Waals surface area contributed by atoms with Gasteiger partial charge in [0.25, 0.3) is 0 Å². The average Bonchev–Trinajstić information content (AvgIpc) is 2.88. The number of fused-ring (bicyclic) bond motifs is 1. The lowest BCUT2D eigenvalue weighted by molar-refractivity contribution is -0.141. The smallest absolute Gasteiger partial charge is 0.307 e. The van der Waals surface area contributed by atoms with Crippen LogP contribution in [-0.2, 0) is 4.79 Å². The molecule has 2 aliphatic heterocycles. The van der Waals surface area contributed by atoms with E-state index in [9.17, 15) is 4.79 Å². The predicted molar refractivity (Wildman–Crippen MR) is 71.7 cm³/mol. The van der Waals surface area contributed by atoms with E-state index in [0.717, 1.165) is 23.5 Å². The lowest BCUT2D eigenvalue weighted by Gasteiger charge is -2.28. The minimum Gasteiger partial charge on any atom is -0.490 e. The number of benzene rings is 1. The summed E-state index contributed by atoms with van der Waals surface area (Å²) in [6, 6.07) is 6.26. The minimum absolute atomic E-state index is 0.113. The van der Waals surface area contributed by atoms with Crippen LogP contribution in [-0.4, -0.2) is 37.8 Å². The van der Waals surface area contributed by atoms with Crippen LogP contribution in [0.15, 0.2) is 18.2 Å². The van der Waals surface area contributed by atoms with Crippen LogP contribution in [0.2, 0.25) is 0 Å². The van der Waals surface area contributed by atoms with Crippen molar-refractivity contribution >= 4 is 11.7 Å². The molecule has 1 fully saturated rings. The molecule has 19 heavy (non-hydrogen) atoms. The number of likely N-dealkylation sites (N-methyl/N-ethyl adjacent to an activating group) is 1. The lowest BCUT2D eigenvalue weighted by Crippen LogP contribution is -2.29. The van der Waals surface area contributed by atoms with Crippen LogP contribution in [0.3, 0.4) is 0 Å². The largest absolute Gasteiger partial charge is 0.490 e. The summed E-state index contributed by atoms with van der Waals surface area (Å²) in [5.41, 5.74) is 2.21. The SMILES string of the molecule is CN1CCOc2cc(C3CC(C(=O)O)CN3)ccc21. The molecule has 0 amide bonds. The lowest BCUT2D eigenvalue weighted by atomic mass is 9.99. The van der Waals surface area contributed by atoms with Crippen LogP contribution in [0.25, 0.3) is 0 Å². The topological polar surface area (TPSA) is 61.8 Å². The zero-order chi connectivity index (χ0) is 13.4. The van der Waals surface area contributed by atoms with Gasteiger partial charge in [-0.1, -0.05) is 6.07 Å². The molecule has 5 heteroatoms. The fourth-order valence-corrected chi connectivity index (χ4v) is 2.77. The Hall–Kier alpha value is -1.75. The van der Waals surface area contributed by atoms with Gasteiger partial charge in [-0.25, -0.2) is 0 Å². The second kappa shape index (κ2) is 4.74. The predicted octanol–water partition coefficient (Wildman–Crippen LogP) is 1.25. The van der Waals surface area contributed by atoms with E-state index in [1.165, 1.54) is 0 Å². The average molecular weight is 262 g/mol. The maximum atomic E-state index is 11.0. The van der Waals surface area contributed by atoms with Crippen LogP contribution < -0.4 is 15.0 Å². The second-order valence-electron chi connectivity index (χ2n) is 5.23. The van der Waals surface area contributed by atoms with Gasteiger partial charge in [0.1, 0.15) is 12.4 Å². The number of carboxylic acids is 1. The van der Waals surface area contributed by atoms with Gasteiger partial charge in [0.15, 0.2) is 0 Å². The van der Waals surface area contributed by atoms with Gasteiger partial charge in [-0.3, -0.25) is 4.79 Å². The highest BCUT2D eigenvalue weighted by atomic mass is 16.5. The molecule has 2 atom stereocenters. The number of nitrogens with zero attached hydrogens (tertiary/aromatic N) is 1. The fourth-order valence-electron chi connectivity index (χ4n) is 2.77. The first-order valence-corrected chi connectivity index (χ1v) is 6.59. The van der Waals surface area contributed by atoms with E-state index < -0.39 is 5.97 Å². The van der Waals surface area contributed by atoms with Crippen molar-refractivity contribution < 1.29 is 14.6 Å². The first-order valence-electron chi connectivity index (χ1n) is 6.59. The molecule has 1 aromatic rings. The highest BCUT2D eigenvalue weighted by Gasteiger charge is 2.30. The third-order valence-electron chi connectivity index (χ3n) is 3.96. The van der Waals surface area contributed by atoms with Gasteiger partial charge in [-0.15, -0.1) is 0 Å². The van der Waals surface area contributed by atoms with Crippen molar-refractivity contribution in [3.8, 4) is 5.75 Å². The fraction of sp³-hybridized carbons (Fsp3) is 0.500. The molecule has 2 heterocycles. The van der Waals surface area contributed by atoms with Crippen LogP contribution in [0.5, 0.6) is 5.75 Å². The standard InChI is InChI=1S/C14H18N2O3/c1-16-4-5-19-13-7-9(2-3-12(13)16)11-6-10(8-15-11)14(17)18/h2-3,7,10-11,15H,4-6,8H2,1H3,(H,17,18). The van der Waals surface area contributed by atoms with Crippen molar-refractivity contribution in [3.63, 3.8) is 0 Å². The summed E-state index contributed by atoms with van der Waals surface area (Å²) in [6.07, 6.45) is 0.643. The van der Waals surface area contributed by atoms with E-state index in [1.54, 1.807) is 0 Å². The number of ether oxygens (including phenoxy) is 1. The molecule has 2 unspecified atom stereocenters. The van der Waals surface area contributed by atoms with E-state index in [1.807, 2.05) is 6.07 Å². The molecule has 102 valence electrons. The Kier molecular flexibility index (Phi) is 3.06. The Morgan fingerprint density at radius 3 is 3.11 bits per heavy atom. The maximum Gasteiger partial charge on any atom is 0.307 e. The Morgan fingerprint density at radius 2 is 2.37 bits per heavy atom. The van der Waals surface area contributed by atoms with Gasteiger partial charge < -0.3 is 20.1 Å². The number of carboxylic acid groups (broad SMARTS) is 1. The van der Waals surface area contributed by atoms with Gasteiger partial charge in [0, 0.05) is 19.6 Å². The number of anilines is 1. The third-order valence-corrected chi connectivity index (χ3v) is 3.96. The van der Waals surface area contributed by atoms with Crippen molar-refractivity contribution in [2.75, 3.05) is 31.6 Å². The molecule has 2 aliphatic rings. The van der Waals surface area contributed by atoms with E-state index in [4.69, 9.17) is 9.84 Å². The van der Waals surface area contributed by atoms with Gasteiger partial charge in [0.2, 0.25) is 0 Å². The molecule has 0 aliphatic carbocycles. The highest BCUT2D eigenvalue weighted by Crippen LogP contribution is 2.35. The van der Waals surface area contributed by atoms with Crippen molar-refractivity contribution in [1.29, 1.82) is 0 Å². The summed E-state index contributed by atoms with van der Waals surface area (Å²) >= 11 is 0. The summed E-state index contributed by atoms with van der Waals surface area (Å²) in [4.78, 5) is 13.2. The summed E-state index contributed by atoms with van der Waals surface area (Å²) in [6.45, 7) is 2.13. The number of aliphatic carboxylic acids is 1. The zero-order valence-electron chi connectivity index (χ0n) is 10.9. The summed E-state index contributed by atoms with van der Waals surface area (Å²) in [7, 11) is 2.05. The van der Waals surface area contributed by atoms with Gasteiger partial charge in [-0.2, -0.15) is 0 Å². The summed E-state index contributed by atoms with van der Waals surface area (Å²) < 4.78 is 5.68. The van der Waals surface area contributed by atoms with E-state index in [-0.39, 0.29) is 12.0 Å². The number of rotatable bonds is 2. The molecule has 0 spiro atoms. The van der Waals surface area contributed by atoms with E-state index in [0.29, 0.717) is 19.6 Å². The second-order valence-corrected chi connectivity index (χ2v) is 5.23. The van der Waals surface area contributed by atoms with Gasteiger partial charge in [-0.05, 0) is 24.1 Å². The molecule has 0 radical (unpaired) electrons. The minimum atomic E-state index is -0.719. The monoisotopic (exact) mass is 262 g/mol. The van der Waals surface area contributed by atoms with Crippen molar-refractivity contribution in [2.45, 2.75) is 12.5 Å². The zero-order valence-corrected chi connectivity index (χ0v) is 10.9. The highest BCUT2D eigenvalue weighted by molar-refractivity contribution is 5.71. The first-order chi connectivity index (χ1) is 9.15. The Balaban J connectivity index is 1.81. The number of nitrogens with one attached hydrogen (secondary N) is 1. The maximum absolute atomic E-state index is 11.0. The number of hydrogen-bond donors (Lipinski definition) is 2. The normalized spacial score (nSPS) is 25.8. The van der Waals surface area contributed by atoms with E-state index in [2.05, 4.69) is 29.4 Å². The van der Waals surface area contributed by atoms with E-state index >= 15 is 0 Å². The molecule has 1 aromatic carbocycles. The molecular formula is C14H18N2O3. The summed E-state index contributed by atoms with van der Waals surface area (Å²) in [5, 5.41) is 12.3. The van der Waals surface area contributed by atoms with Crippen molar-refractivity contribution in [2.24, 2.45) is 5.92 Å². The number of hydrogen-bond acceptors (Lipinski definition) is 4. The van der Waals surface area contributed by atoms with Crippen molar-refractivity contribution in [3.05, 3.63) is 23.8 Å². The molecule has 5 nitrogen and oxygen atoms in total. The van der Waals surface area contributed by atoms with Gasteiger partial charge >= 0.3 is 5.97 Å². The first kappa shape index (κ1) is 12.3. The van der Waals surface area contributed by atoms with Crippen molar-refractivity contribution in [1.82, 2.24) is 5.32 Å². The van der Waals surface area contributed by atoms with Gasteiger partial charge in [0.05, 0.1) is 18.2 Å². The Morgan fingerprint density at radius 1 is 1.53 bits per heavy atom. The molecule has 3 rings (SSSR count). The molecule has 1 saturated heterocycles. The molecule has 0 bridgehead atoms. The summed E-state index contributed by atoms with van der Waals surface area (Å²) in [5.74, 6) is -0.111. The molecule has 0 aromatic heterocycles. The van der Waals surface area contributed by atoms with Crippen LogP contribution >= 0.6 is 0 Å². The van der Waals surface area contributed by atoms with Crippen LogP contribution in [0, 0.1) is 5.92 Å². The Bertz CT molecular complexity index is 503. The number of carbonyl (C=O) groups is 1. The Labute approximate surface area is 112 Å². The van der Waals surface area contributed by atoms with Crippen LogP contribution in [0.1, 0.15) is 18.0 Å². The quantitative estimate of drug-likeness (QED) is 0.840. The third kappa shape index (κ3) is 2.26.